The third-order valence-corrected chi connectivity index (χ3v) is 7.43. The van der Waals surface area contributed by atoms with Crippen molar-refractivity contribution in [3.63, 3.8) is 0 Å². The van der Waals surface area contributed by atoms with E-state index in [4.69, 9.17) is 5.10 Å². The molecule has 7 nitrogen and oxygen atoms in total. The van der Waals surface area contributed by atoms with E-state index in [0.717, 1.165) is 49.1 Å². The van der Waals surface area contributed by atoms with Crippen molar-refractivity contribution in [2.45, 2.75) is 77.0 Å². The first-order valence-corrected chi connectivity index (χ1v) is 12.7. The van der Waals surface area contributed by atoms with Crippen molar-refractivity contribution < 1.29 is 9.59 Å². The number of amides is 2. The minimum atomic E-state index is -1.07. The lowest BCUT2D eigenvalue weighted by Gasteiger charge is -2.43. The van der Waals surface area contributed by atoms with Gasteiger partial charge in [0.25, 0.3) is 5.91 Å². The molecular weight excluding hydrogens is 438 g/mol. The van der Waals surface area contributed by atoms with E-state index in [9.17, 15) is 9.59 Å². The van der Waals surface area contributed by atoms with Gasteiger partial charge in [0.15, 0.2) is 0 Å². The van der Waals surface area contributed by atoms with Crippen LogP contribution >= 0.6 is 0 Å². The van der Waals surface area contributed by atoms with Crippen LogP contribution in [0.5, 0.6) is 0 Å². The fraction of sp³-hybridized carbons (Fsp3) is 0.429. The normalized spacial score (nSPS) is 20.5. The van der Waals surface area contributed by atoms with E-state index in [1.165, 1.54) is 12.0 Å². The fourth-order valence-electron chi connectivity index (χ4n) is 5.18. The molecule has 1 aliphatic carbocycles. The molecule has 1 atom stereocenters. The number of benzene rings is 1. The molecule has 1 unspecified atom stereocenters. The smallest absolute Gasteiger partial charge is 0.273 e. The van der Waals surface area contributed by atoms with Gasteiger partial charge in [-0.3, -0.25) is 19.3 Å². The molecule has 3 aromatic rings. The predicted molar refractivity (Wildman–Crippen MR) is 135 cm³/mol. The SMILES string of the molecule is CCc1ccc(-c2cc3n(n2)CC(C)(C(=O)NC2CCCCC2)N(Cc2ccccn2)C3=O)cc1. The first-order chi connectivity index (χ1) is 17.0. The number of carbonyl (C=O) groups is 2. The molecule has 1 saturated carbocycles. The minimum Gasteiger partial charge on any atom is -0.351 e. The molecule has 1 aliphatic heterocycles. The number of aryl methyl sites for hydroxylation is 1. The molecule has 0 radical (unpaired) electrons. The van der Waals surface area contributed by atoms with E-state index in [1.54, 1.807) is 15.8 Å². The summed E-state index contributed by atoms with van der Waals surface area (Å²) in [4.78, 5) is 33.7. The van der Waals surface area contributed by atoms with Crippen molar-refractivity contribution in [2.24, 2.45) is 0 Å². The van der Waals surface area contributed by atoms with Crippen molar-refractivity contribution in [1.82, 2.24) is 25.0 Å². The number of pyridine rings is 1. The van der Waals surface area contributed by atoms with Crippen LogP contribution in [0.2, 0.25) is 0 Å². The minimum absolute atomic E-state index is 0.122. The summed E-state index contributed by atoms with van der Waals surface area (Å²) < 4.78 is 1.71. The van der Waals surface area contributed by atoms with Crippen molar-refractivity contribution in [3.05, 3.63) is 71.7 Å². The number of hydrogen-bond donors (Lipinski definition) is 1. The van der Waals surface area contributed by atoms with E-state index in [0.29, 0.717) is 12.2 Å². The third kappa shape index (κ3) is 4.59. The maximum absolute atomic E-state index is 13.8. The third-order valence-electron chi connectivity index (χ3n) is 7.43. The number of fused-ring (bicyclic) bond motifs is 1. The topological polar surface area (TPSA) is 80.1 Å². The number of hydrogen-bond acceptors (Lipinski definition) is 4. The van der Waals surface area contributed by atoms with Crippen LogP contribution in [0.3, 0.4) is 0 Å². The average Bonchev–Trinajstić information content (AvgIpc) is 3.31. The molecule has 0 bridgehead atoms. The van der Waals surface area contributed by atoms with Gasteiger partial charge in [0, 0.05) is 17.8 Å². The Bertz CT molecular complexity index is 1200. The molecule has 0 spiro atoms. The van der Waals surface area contributed by atoms with E-state index < -0.39 is 5.54 Å². The summed E-state index contributed by atoms with van der Waals surface area (Å²) in [5, 5.41) is 8.02. The molecule has 7 heteroatoms. The van der Waals surface area contributed by atoms with E-state index in [2.05, 4.69) is 29.4 Å². The van der Waals surface area contributed by atoms with E-state index in [-0.39, 0.29) is 24.4 Å². The Morgan fingerprint density at radius 2 is 1.89 bits per heavy atom. The second kappa shape index (κ2) is 9.64. The van der Waals surface area contributed by atoms with Crippen LogP contribution in [0.4, 0.5) is 0 Å². The van der Waals surface area contributed by atoms with Gasteiger partial charge in [-0.25, -0.2) is 0 Å². The summed E-state index contributed by atoms with van der Waals surface area (Å²) in [6.45, 7) is 4.54. The lowest BCUT2D eigenvalue weighted by atomic mass is 9.91. The Kier molecular flexibility index (Phi) is 6.41. The molecule has 5 rings (SSSR count). The number of carbonyl (C=O) groups excluding carboxylic acids is 2. The Morgan fingerprint density at radius 1 is 1.11 bits per heavy atom. The van der Waals surface area contributed by atoms with E-state index >= 15 is 0 Å². The second-order valence-corrected chi connectivity index (χ2v) is 9.92. The zero-order chi connectivity index (χ0) is 24.4. The first kappa shape index (κ1) is 23.3. The van der Waals surface area contributed by atoms with Gasteiger partial charge < -0.3 is 10.2 Å². The number of aromatic nitrogens is 3. The summed E-state index contributed by atoms with van der Waals surface area (Å²) in [5.74, 6) is -0.323. The highest BCUT2D eigenvalue weighted by Gasteiger charge is 2.48. The molecule has 2 aromatic heterocycles. The number of rotatable bonds is 6. The van der Waals surface area contributed by atoms with Crippen LogP contribution in [0, 0.1) is 0 Å². The second-order valence-electron chi connectivity index (χ2n) is 9.92. The standard InChI is InChI=1S/C28H33N5O2/c1-3-20-12-14-21(15-13-20)24-17-25-26(34)32(18-23-11-7-8-16-29-23)28(2,19-33(25)31-24)27(35)30-22-9-5-4-6-10-22/h7-8,11-17,22H,3-6,9-10,18-19H2,1-2H3,(H,30,35). The van der Waals surface area contributed by atoms with Crippen LogP contribution in [0.1, 0.15) is 67.7 Å². The molecule has 2 amide bonds. The molecule has 182 valence electrons. The Hall–Kier alpha value is -3.48. The summed E-state index contributed by atoms with van der Waals surface area (Å²) in [6.07, 6.45) is 8.12. The van der Waals surface area contributed by atoms with Crippen molar-refractivity contribution in [2.75, 3.05) is 0 Å². The molecular formula is C28H33N5O2. The van der Waals surface area contributed by atoms with Crippen LogP contribution in [0.15, 0.2) is 54.7 Å². The fourth-order valence-corrected chi connectivity index (χ4v) is 5.18. The lowest BCUT2D eigenvalue weighted by Crippen LogP contribution is -2.64. The number of nitrogens with zero attached hydrogens (tertiary/aromatic N) is 4. The van der Waals surface area contributed by atoms with Gasteiger partial charge in [-0.2, -0.15) is 5.10 Å². The molecule has 35 heavy (non-hydrogen) atoms. The summed E-state index contributed by atoms with van der Waals surface area (Å²) in [7, 11) is 0. The zero-order valence-electron chi connectivity index (χ0n) is 20.5. The molecule has 1 aromatic carbocycles. The Balaban J connectivity index is 1.49. The number of nitrogens with one attached hydrogen (secondary N) is 1. The maximum atomic E-state index is 13.8. The van der Waals surface area contributed by atoms with Crippen LogP contribution in [-0.2, 0) is 24.3 Å². The van der Waals surface area contributed by atoms with Gasteiger partial charge in [-0.1, -0.05) is 56.5 Å². The Labute approximate surface area is 206 Å². The molecule has 3 heterocycles. The highest BCUT2D eigenvalue weighted by molar-refractivity contribution is 6.00. The van der Waals surface area contributed by atoms with Crippen LogP contribution in [0.25, 0.3) is 11.3 Å². The first-order valence-electron chi connectivity index (χ1n) is 12.7. The van der Waals surface area contributed by atoms with Gasteiger partial charge in [0.2, 0.25) is 5.91 Å². The maximum Gasteiger partial charge on any atom is 0.273 e. The van der Waals surface area contributed by atoms with Gasteiger partial charge in [-0.15, -0.1) is 0 Å². The van der Waals surface area contributed by atoms with Crippen LogP contribution < -0.4 is 5.32 Å². The van der Waals surface area contributed by atoms with Crippen LogP contribution in [-0.4, -0.2) is 43.1 Å². The molecule has 1 fully saturated rings. The summed E-state index contributed by atoms with van der Waals surface area (Å²) in [6, 6.07) is 15.9. The summed E-state index contributed by atoms with van der Waals surface area (Å²) in [5.41, 5.74) is 3.13. The van der Waals surface area contributed by atoms with Gasteiger partial charge in [0.05, 0.1) is 24.5 Å². The van der Waals surface area contributed by atoms with Gasteiger partial charge in [0.1, 0.15) is 11.2 Å². The highest BCUT2D eigenvalue weighted by atomic mass is 16.2. The zero-order valence-corrected chi connectivity index (χ0v) is 20.5. The van der Waals surface area contributed by atoms with Gasteiger partial charge >= 0.3 is 0 Å². The quantitative estimate of drug-likeness (QED) is 0.579. The average molecular weight is 472 g/mol. The Morgan fingerprint density at radius 3 is 2.57 bits per heavy atom. The molecule has 0 saturated heterocycles. The lowest BCUT2D eigenvalue weighted by molar-refractivity contribution is -0.134. The molecule has 2 aliphatic rings. The van der Waals surface area contributed by atoms with E-state index in [1.807, 2.05) is 43.3 Å². The summed E-state index contributed by atoms with van der Waals surface area (Å²) >= 11 is 0. The highest BCUT2D eigenvalue weighted by Crippen LogP contribution is 2.32. The predicted octanol–water partition coefficient (Wildman–Crippen LogP) is 4.37. The monoisotopic (exact) mass is 471 g/mol. The van der Waals surface area contributed by atoms with Crippen molar-refractivity contribution in [1.29, 1.82) is 0 Å². The largest absolute Gasteiger partial charge is 0.351 e. The van der Waals surface area contributed by atoms with Crippen molar-refractivity contribution in [3.8, 4) is 11.3 Å². The molecule has 1 N–H and O–H groups in total. The van der Waals surface area contributed by atoms with Gasteiger partial charge in [-0.05, 0) is 49.9 Å². The van der Waals surface area contributed by atoms with Crippen molar-refractivity contribution >= 4 is 11.8 Å².